The molecule has 0 unspecified atom stereocenters. The molecule has 0 aliphatic rings. The van der Waals surface area contributed by atoms with Gasteiger partial charge in [0.05, 0.1) is 0 Å². The van der Waals surface area contributed by atoms with Crippen LogP contribution in [0.5, 0.6) is 0 Å². The van der Waals surface area contributed by atoms with Crippen LogP contribution in [0.3, 0.4) is 0 Å². The van der Waals surface area contributed by atoms with Gasteiger partial charge in [-0.2, -0.15) is 0 Å². The van der Waals surface area contributed by atoms with Crippen LogP contribution in [0.25, 0.3) is 87.3 Å². The lowest BCUT2D eigenvalue weighted by Crippen LogP contribution is -2.03. The number of hydrogen-bond acceptors (Lipinski definition) is 1. The molecule has 1 aromatic heterocycles. The first-order valence-electron chi connectivity index (χ1n) is 17.4. The first-order valence-corrected chi connectivity index (χ1v) is 17.4. The molecule has 0 spiro atoms. The van der Waals surface area contributed by atoms with Crippen molar-refractivity contribution >= 4 is 65.0 Å². The summed E-state index contributed by atoms with van der Waals surface area (Å²) in [5, 5.41) is 12.8. The van der Waals surface area contributed by atoms with Crippen LogP contribution in [0.15, 0.2) is 101 Å². The second kappa shape index (κ2) is 10.5. The first-order chi connectivity index (χ1) is 23.7. The minimum absolute atomic E-state index is 0.926. The van der Waals surface area contributed by atoms with E-state index in [1.165, 1.54) is 110 Å². The summed E-state index contributed by atoms with van der Waals surface area (Å²) in [5.74, 6) is 0. The quantitative estimate of drug-likeness (QED) is 0.173. The molecule has 0 fully saturated rings. The highest BCUT2D eigenvalue weighted by Gasteiger charge is 2.26. The van der Waals surface area contributed by atoms with Crippen molar-refractivity contribution in [2.75, 3.05) is 0 Å². The minimum atomic E-state index is 0.926. The van der Waals surface area contributed by atoms with Gasteiger partial charge in [0.1, 0.15) is 11.2 Å². The van der Waals surface area contributed by atoms with Gasteiger partial charge in [-0.15, -0.1) is 0 Å². The van der Waals surface area contributed by atoms with Crippen LogP contribution in [-0.2, 0) is 0 Å². The van der Waals surface area contributed by atoms with Gasteiger partial charge in [0, 0.05) is 10.8 Å². The second-order valence-electron chi connectivity index (χ2n) is 14.3. The van der Waals surface area contributed by atoms with Gasteiger partial charge in [-0.05, 0) is 190 Å². The van der Waals surface area contributed by atoms with Crippen molar-refractivity contribution in [2.24, 2.45) is 0 Å². The van der Waals surface area contributed by atoms with E-state index in [1.807, 2.05) is 0 Å². The maximum absolute atomic E-state index is 6.50. The number of furan rings is 1. The number of hydrogen-bond donors (Lipinski definition) is 0. The van der Waals surface area contributed by atoms with Gasteiger partial charge in [-0.1, -0.05) is 72.8 Å². The van der Waals surface area contributed by atoms with Crippen LogP contribution in [0.2, 0.25) is 0 Å². The fraction of sp³-hybridized carbons (Fsp3) is 0.167. The SMILES string of the molecule is Cc1c(C)c(C)c2c(-c3cccc4ccccc34)c3c(C)c(C)c(C)c(C)c3c(-c3ccc4oc5cc6ccccc6cc5c4c3)c2c1C. The molecule has 9 aromatic rings. The zero-order chi connectivity index (χ0) is 33.9. The van der Waals surface area contributed by atoms with Crippen molar-refractivity contribution in [1.29, 1.82) is 0 Å². The summed E-state index contributed by atoms with van der Waals surface area (Å²) < 4.78 is 6.50. The van der Waals surface area contributed by atoms with Gasteiger partial charge in [-0.25, -0.2) is 0 Å². The van der Waals surface area contributed by atoms with Crippen LogP contribution < -0.4 is 0 Å². The number of aryl methyl sites for hydroxylation is 4. The van der Waals surface area contributed by atoms with E-state index >= 15 is 0 Å². The molecule has 1 nitrogen and oxygen atoms in total. The molecule has 0 aliphatic carbocycles. The summed E-state index contributed by atoms with van der Waals surface area (Å²) in [7, 11) is 0. The number of benzene rings is 8. The van der Waals surface area contributed by atoms with Gasteiger partial charge >= 0.3 is 0 Å². The van der Waals surface area contributed by atoms with Crippen molar-refractivity contribution in [3.63, 3.8) is 0 Å². The summed E-state index contributed by atoms with van der Waals surface area (Å²) >= 11 is 0. The molecule has 9 rings (SSSR count). The Morgan fingerprint density at radius 2 is 0.837 bits per heavy atom. The second-order valence-corrected chi connectivity index (χ2v) is 14.3. The molecule has 238 valence electrons. The standard InChI is InChI=1S/C48H40O/c1-25-27(3)31(7)45-43(29(25)5)47(36-20-21-41-39(23-36)40-22-34-15-9-10-16-35(34)24-42(40)49-41)44-30(6)26(2)28(4)32(8)46(44)48(45)38-19-13-17-33-14-11-12-18-37(33)38/h9-24H,1-8H3. The minimum Gasteiger partial charge on any atom is -0.456 e. The predicted octanol–water partition coefficient (Wildman–Crippen LogP) is 14.0. The Labute approximate surface area is 287 Å². The summed E-state index contributed by atoms with van der Waals surface area (Å²) in [5.41, 5.74) is 18.0. The average molecular weight is 633 g/mol. The van der Waals surface area contributed by atoms with Crippen LogP contribution in [0.4, 0.5) is 0 Å². The molecular weight excluding hydrogens is 593 g/mol. The van der Waals surface area contributed by atoms with Gasteiger partial charge in [0.15, 0.2) is 0 Å². The van der Waals surface area contributed by atoms with Crippen molar-refractivity contribution in [3.05, 3.63) is 142 Å². The Bertz CT molecular complexity index is 2810. The summed E-state index contributed by atoms with van der Waals surface area (Å²) in [6.45, 7) is 18.6. The van der Waals surface area contributed by atoms with Gasteiger partial charge in [0.2, 0.25) is 0 Å². The molecule has 0 bridgehead atoms. The molecule has 49 heavy (non-hydrogen) atoms. The third-order valence-electron chi connectivity index (χ3n) is 12.1. The normalized spacial score (nSPS) is 12.1. The lowest BCUT2D eigenvalue weighted by Gasteiger charge is -2.27. The summed E-state index contributed by atoms with van der Waals surface area (Å²) in [6, 6.07) is 35.6. The van der Waals surface area contributed by atoms with E-state index in [4.69, 9.17) is 4.42 Å². The van der Waals surface area contributed by atoms with E-state index in [9.17, 15) is 0 Å². The monoisotopic (exact) mass is 632 g/mol. The van der Waals surface area contributed by atoms with E-state index in [-0.39, 0.29) is 0 Å². The third kappa shape index (κ3) is 4.05. The van der Waals surface area contributed by atoms with E-state index < -0.39 is 0 Å². The molecule has 1 heterocycles. The number of rotatable bonds is 2. The average Bonchev–Trinajstić information content (AvgIpc) is 3.48. The van der Waals surface area contributed by atoms with Crippen LogP contribution in [0.1, 0.15) is 44.5 Å². The van der Waals surface area contributed by atoms with E-state index in [0.29, 0.717) is 0 Å². The summed E-state index contributed by atoms with van der Waals surface area (Å²) in [6.07, 6.45) is 0. The van der Waals surface area contributed by atoms with Crippen LogP contribution in [-0.4, -0.2) is 0 Å². The Balaban J connectivity index is 1.54. The Hall–Kier alpha value is -5.40. The lowest BCUT2D eigenvalue weighted by atomic mass is 9.76. The lowest BCUT2D eigenvalue weighted by molar-refractivity contribution is 0.669. The molecule has 0 aliphatic heterocycles. The zero-order valence-electron chi connectivity index (χ0n) is 29.6. The van der Waals surface area contributed by atoms with Crippen molar-refractivity contribution in [1.82, 2.24) is 0 Å². The van der Waals surface area contributed by atoms with Crippen LogP contribution in [0, 0.1) is 55.4 Å². The topological polar surface area (TPSA) is 13.1 Å². The van der Waals surface area contributed by atoms with Crippen LogP contribution >= 0.6 is 0 Å². The van der Waals surface area contributed by atoms with Crippen molar-refractivity contribution in [2.45, 2.75) is 55.4 Å². The fourth-order valence-corrected chi connectivity index (χ4v) is 8.74. The highest BCUT2D eigenvalue weighted by Crippen LogP contribution is 2.52. The Kier molecular flexibility index (Phi) is 6.40. The molecule has 0 N–H and O–H groups in total. The molecule has 0 radical (unpaired) electrons. The third-order valence-corrected chi connectivity index (χ3v) is 12.1. The van der Waals surface area contributed by atoms with E-state index in [1.54, 1.807) is 0 Å². The Morgan fingerprint density at radius 3 is 1.45 bits per heavy atom. The molecular formula is C48H40O. The molecule has 0 saturated carbocycles. The number of fused-ring (bicyclic) bond motifs is 7. The summed E-state index contributed by atoms with van der Waals surface area (Å²) in [4.78, 5) is 0. The Morgan fingerprint density at radius 1 is 0.347 bits per heavy atom. The molecule has 0 amide bonds. The van der Waals surface area contributed by atoms with Gasteiger partial charge in [0.25, 0.3) is 0 Å². The predicted molar refractivity (Wildman–Crippen MR) is 213 cm³/mol. The maximum Gasteiger partial charge on any atom is 0.136 e. The smallest absolute Gasteiger partial charge is 0.136 e. The highest BCUT2D eigenvalue weighted by atomic mass is 16.3. The van der Waals surface area contributed by atoms with E-state index in [0.717, 1.165) is 21.9 Å². The fourth-order valence-electron chi connectivity index (χ4n) is 8.74. The van der Waals surface area contributed by atoms with E-state index in [2.05, 4.69) is 152 Å². The highest BCUT2D eigenvalue weighted by molar-refractivity contribution is 6.27. The maximum atomic E-state index is 6.50. The van der Waals surface area contributed by atoms with Gasteiger partial charge < -0.3 is 4.42 Å². The zero-order valence-corrected chi connectivity index (χ0v) is 29.6. The van der Waals surface area contributed by atoms with Crippen molar-refractivity contribution in [3.8, 4) is 22.3 Å². The van der Waals surface area contributed by atoms with Crippen molar-refractivity contribution < 1.29 is 4.42 Å². The first kappa shape index (κ1) is 29.7. The molecule has 1 heteroatoms. The van der Waals surface area contributed by atoms with Gasteiger partial charge in [-0.3, -0.25) is 0 Å². The molecule has 0 saturated heterocycles. The molecule has 0 atom stereocenters. The largest absolute Gasteiger partial charge is 0.456 e. The molecule has 8 aromatic carbocycles.